The van der Waals surface area contributed by atoms with Crippen LogP contribution >= 0.6 is 11.8 Å². The van der Waals surface area contributed by atoms with E-state index in [-0.39, 0.29) is 5.97 Å². The van der Waals surface area contributed by atoms with Crippen LogP contribution in [0, 0.1) is 0 Å². The summed E-state index contributed by atoms with van der Waals surface area (Å²) in [5, 5.41) is 0.530. The van der Waals surface area contributed by atoms with Crippen LogP contribution in [-0.4, -0.2) is 28.8 Å². The molecule has 4 N–H and O–H groups in total. The number of ether oxygens (including phenoxy) is 1. The average molecular weight is 242 g/mol. The maximum atomic E-state index is 10.8. The Morgan fingerprint density at radius 2 is 2.06 bits per heavy atom. The highest BCUT2D eigenvalue weighted by Crippen LogP contribution is 2.17. The van der Waals surface area contributed by atoms with Gasteiger partial charge in [-0.05, 0) is 6.42 Å². The number of nitrogen functional groups attached to an aromatic ring is 2. The molecule has 0 bridgehead atoms. The van der Waals surface area contributed by atoms with Crippen LogP contribution in [-0.2, 0) is 9.53 Å². The molecule has 1 aromatic rings. The molecular formula is C9H14N4O2S. The van der Waals surface area contributed by atoms with Crippen LogP contribution < -0.4 is 11.5 Å². The van der Waals surface area contributed by atoms with Gasteiger partial charge in [-0.25, -0.2) is 9.97 Å². The number of esters is 1. The van der Waals surface area contributed by atoms with Crippen molar-refractivity contribution < 1.29 is 9.53 Å². The van der Waals surface area contributed by atoms with Gasteiger partial charge in [-0.2, -0.15) is 0 Å². The van der Waals surface area contributed by atoms with E-state index >= 15 is 0 Å². The van der Waals surface area contributed by atoms with E-state index in [0.29, 0.717) is 29.6 Å². The Morgan fingerprint density at radius 3 is 2.62 bits per heavy atom. The van der Waals surface area contributed by atoms with E-state index < -0.39 is 0 Å². The van der Waals surface area contributed by atoms with Crippen molar-refractivity contribution >= 4 is 29.4 Å². The Bertz CT molecular complexity index is 352. The number of aromatic nitrogens is 2. The molecule has 1 aromatic heterocycles. The van der Waals surface area contributed by atoms with Crippen molar-refractivity contribution in [3.63, 3.8) is 0 Å². The molecule has 0 atom stereocenters. The van der Waals surface area contributed by atoms with Crippen molar-refractivity contribution in [1.82, 2.24) is 9.97 Å². The minimum Gasteiger partial charge on any atom is -0.469 e. The largest absolute Gasteiger partial charge is 0.469 e. The molecule has 0 spiro atoms. The number of nitrogens with two attached hydrogens (primary N) is 2. The number of carbonyl (C=O) groups is 1. The minimum atomic E-state index is -0.214. The number of nitrogens with zero attached hydrogens (tertiary/aromatic N) is 2. The molecule has 1 rings (SSSR count). The fourth-order valence-electron chi connectivity index (χ4n) is 1.01. The molecular weight excluding hydrogens is 228 g/mol. The van der Waals surface area contributed by atoms with Gasteiger partial charge >= 0.3 is 5.97 Å². The number of rotatable bonds is 5. The van der Waals surface area contributed by atoms with Crippen LogP contribution in [0.1, 0.15) is 12.8 Å². The lowest BCUT2D eigenvalue weighted by atomic mass is 10.3. The molecule has 0 aromatic carbocycles. The quantitative estimate of drug-likeness (QED) is 0.338. The Labute approximate surface area is 97.8 Å². The Morgan fingerprint density at radius 1 is 1.44 bits per heavy atom. The van der Waals surface area contributed by atoms with Crippen LogP contribution in [0.3, 0.4) is 0 Å². The van der Waals surface area contributed by atoms with Crippen LogP contribution in [0.2, 0.25) is 0 Å². The summed E-state index contributed by atoms with van der Waals surface area (Å²) in [6, 6.07) is 1.50. The Kier molecular flexibility index (Phi) is 4.84. The van der Waals surface area contributed by atoms with Gasteiger partial charge in [0.05, 0.1) is 7.11 Å². The van der Waals surface area contributed by atoms with Crippen LogP contribution in [0.15, 0.2) is 11.2 Å². The zero-order chi connectivity index (χ0) is 12.0. The smallest absolute Gasteiger partial charge is 0.305 e. The average Bonchev–Trinajstić information content (AvgIpc) is 2.22. The first-order chi connectivity index (χ1) is 7.61. The van der Waals surface area contributed by atoms with Gasteiger partial charge in [-0.1, -0.05) is 11.8 Å². The lowest BCUT2D eigenvalue weighted by Crippen LogP contribution is -2.01. The predicted molar refractivity (Wildman–Crippen MR) is 62.8 cm³/mol. The zero-order valence-corrected chi connectivity index (χ0v) is 9.79. The molecule has 0 radical (unpaired) electrons. The van der Waals surface area contributed by atoms with Gasteiger partial charge in [0.2, 0.25) is 0 Å². The molecule has 0 saturated carbocycles. The number of anilines is 2. The second-order valence-electron chi connectivity index (χ2n) is 3.03. The molecule has 0 fully saturated rings. The van der Waals surface area contributed by atoms with Gasteiger partial charge < -0.3 is 16.2 Å². The molecule has 0 aliphatic heterocycles. The lowest BCUT2D eigenvalue weighted by Gasteiger charge is -2.02. The first-order valence-corrected chi connectivity index (χ1v) is 5.70. The maximum absolute atomic E-state index is 10.8. The van der Waals surface area contributed by atoms with Gasteiger partial charge in [0.25, 0.3) is 0 Å². The number of methoxy groups -OCH3 is 1. The van der Waals surface area contributed by atoms with E-state index in [4.69, 9.17) is 11.5 Å². The normalized spacial score (nSPS) is 10.1. The first kappa shape index (κ1) is 12.6. The van der Waals surface area contributed by atoms with E-state index in [2.05, 4.69) is 14.7 Å². The standard InChI is InChI=1S/C9H14N4O2S/c1-15-8(14)3-2-4-16-9-12-6(10)5-7(11)13-9/h5H,2-4H2,1H3,(H4,10,11,12,13). The van der Waals surface area contributed by atoms with Crippen LogP contribution in [0.25, 0.3) is 0 Å². The van der Waals surface area contributed by atoms with Crippen molar-refractivity contribution in [3.05, 3.63) is 6.07 Å². The molecule has 1 heterocycles. The van der Waals surface area contributed by atoms with Gasteiger partial charge in [-0.3, -0.25) is 4.79 Å². The van der Waals surface area contributed by atoms with Crippen molar-refractivity contribution in [2.45, 2.75) is 18.0 Å². The number of hydrogen-bond donors (Lipinski definition) is 2. The van der Waals surface area contributed by atoms with Gasteiger partial charge in [-0.15, -0.1) is 0 Å². The third-order valence-electron chi connectivity index (χ3n) is 1.73. The number of hydrogen-bond acceptors (Lipinski definition) is 7. The molecule has 0 unspecified atom stereocenters. The maximum Gasteiger partial charge on any atom is 0.305 e. The van der Waals surface area contributed by atoms with Crippen molar-refractivity contribution in [3.8, 4) is 0 Å². The summed E-state index contributed by atoms with van der Waals surface area (Å²) in [6.07, 6.45) is 1.09. The molecule has 0 aliphatic carbocycles. The van der Waals surface area contributed by atoms with E-state index in [9.17, 15) is 4.79 Å². The number of thioether (sulfide) groups is 1. The molecule has 16 heavy (non-hydrogen) atoms. The number of carbonyl (C=O) groups excluding carboxylic acids is 1. The fourth-order valence-corrected chi connectivity index (χ4v) is 1.82. The first-order valence-electron chi connectivity index (χ1n) is 4.71. The zero-order valence-electron chi connectivity index (χ0n) is 8.97. The summed E-state index contributed by atoms with van der Waals surface area (Å²) < 4.78 is 4.52. The third-order valence-corrected chi connectivity index (χ3v) is 2.66. The molecule has 0 saturated heterocycles. The summed E-state index contributed by atoms with van der Waals surface area (Å²) in [5.74, 6) is 1.21. The predicted octanol–water partition coefficient (Wildman–Crippen LogP) is 0.686. The SMILES string of the molecule is COC(=O)CCCSc1nc(N)cc(N)n1. The van der Waals surface area contributed by atoms with Gasteiger partial charge in [0, 0.05) is 18.2 Å². The van der Waals surface area contributed by atoms with E-state index in [1.165, 1.54) is 24.9 Å². The lowest BCUT2D eigenvalue weighted by molar-refractivity contribution is -0.140. The monoisotopic (exact) mass is 242 g/mol. The molecule has 88 valence electrons. The van der Waals surface area contributed by atoms with Gasteiger partial charge in [0.15, 0.2) is 5.16 Å². The molecule has 6 nitrogen and oxygen atoms in total. The summed E-state index contributed by atoms with van der Waals surface area (Å²) >= 11 is 1.41. The summed E-state index contributed by atoms with van der Waals surface area (Å²) in [6.45, 7) is 0. The van der Waals surface area contributed by atoms with Crippen LogP contribution in [0.5, 0.6) is 0 Å². The second kappa shape index (κ2) is 6.16. The summed E-state index contributed by atoms with van der Waals surface area (Å²) in [5.41, 5.74) is 11.0. The van der Waals surface area contributed by atoms with Crippen molar-refractivity contribution in [2.24, 2.45) is 0 Å². The summed E-state index contributed by atoms with van der Waals surface area (Å²) in [7, 11) is 1.37. The van der Waals surface area contributed by atoms with Crippen molar-refractivity contribution in [1.29, 1.82) is 0 Å². The topological polar surface area (TPSA) is 104 Å². The molecule has 0 aliphatic rings. The minimum absolute atomic E-state index is 0.214. The van der Waals surface area contributed by atoms with Crippen molar-refractivity contribution in [2.75, 3.05) is 24.3 Å². The Balaban J connectivity index is 2.34. The second-order valence-corrected chi connectivity index (χ2v) is 4.09. The van der Waals surface area contributed by atoms with E-state index in [1.807, 2.05) is 0 Å². The summed E-state index contributed by atoms with van der Waals surface area (Å²) in [4.78, 5) is 18.8. The molecule has 7 heteroatoms. The highest BCUT2D eigenvalue weighted by Gasteiger charge is 2.03. The highest BCUT2D eigenvalue weighted by molar-refractivity contribution is 7.99. The van der Waals surface area contributed by atoms with Gasteiger partial charge in [0.1, 0.15) is 11.6 Å². The Hall–Kier alpha value is -1.50. The third kappa shape index (κ3) is 4.35. The molecule has 0 amide bonds. The highest BCUT2D eigenvalue weighted by atomic mass is 32.2. The fraction of sp³-hybridized carbons (Fsp3) is 0.444. The van der Waals surface area contributed by atoms with E-state index in [0.717, 1.165) is 5.75 Å². The van der Waals surface area contributed by atoms with E-state index in [1.54, 1.807) is 0 Å². The van der Waals surface area contributed by atoms with Crippen LogP contribution in [0.4, 0.5) is 11.6 Å².